The molecule has 0 aliphatic rings. The number of aromatic nitrogens is 2. The Labute approximate surface area is 228 Å². The largest absolute Gasteiger partial charge is 0.256 e. The molecule has 0 saturated carbocycles. The average molecular weight is 504 g/mol. The van der Waals surface area contributed by atoms with E-state index in [1.165, 1.54) is 180 Å². The molecule has 1 aromatic rings. The van der Waals surface area contributed by atoms with E-state index in [1.807, 2.05) is 0 Å². The molecule has 0 aliphatic heterocycles. The van der Waals surface area contributed by atoms with Crippen LogP contribution in [0, 0.1) is 0 Å². The van der Waals surface area contributed by atoms with Gasteiger partial charge in [0.25, 0.3) is 5.82 Å². The maximum atomic E-state index is 2.61. The Hall–Kier alpha value is -0.790. The number of imidazole rings is 1. The van der Waals surface area contributed by atoms with Crippen molar-refractivity contribution in [2.75, 3.05) is 0 Å². The van der Waals surface area contributed by atoms with Crippen LogP contribution >= 0.6 is 0 Å². The Balaban J connectivity index is 2.22. The molecule has 0 spiro atoms. The highest BCUT2D eigenvalue weighted by atomic mass is 15.1. The van der Waals surface area contributed by atoms with Gasteiger partial charge in [0, 0.05) is 6.42 Å². The van der Waals surface area contributed by atoms with Crippen molar-refractivity contribution in [2.24, 2.45) is 0 Å². The maximum Gasteiger partial charge on any atom is 0.256 e. The molecule has 0 atom stereocenters. The first kappa shape index (κ1) is 33.2. The van der Waals surface area contributed by atoms with Crippen molar-refractivity contribution in [3.05, 3.63) is 18.2 Å². The molecule has 0 N–H and O–H groups in total. The van der Waals surface area contributed by atoms with E-state index in [0.717, 1.165) is 0 Å². The zero-order valence-electron chi connectivity index (χ0n) is 25.3. The van der Waals surface area contributed by atoms with Crippen LogP contribution in [0.15, 0.2) is 12.4 Å². The Kier molecular flexibility index (Phi) is 23.9. The van der Waals surface area contributed by atoms with Gasteiger partial charge in [0.05, 0.1) is 13.1 Å². The standard InChI is InChI=1S/C34H67N2/c1-4-7-10-13-15-17-18-19-20-21-23-25-28-31-36-33-32-35(34(36)29-26-12-9-6-3)30-27-24-22-16-14-11-8-5-2/h32-33H,4-31H2,1-3H3/q+1. The van der Waals surface area contributed by atoms with E-state index in [0.29, 0.717) is 0 Å². The van der Waals surface area contributed by atoms with E-state index in [4.69, 9.17) is 0 Å². The van der Waals surface area contributed by atoms with Crippen molar-refractivity contribution in [2.45, 2.75) is 201 Å². The summed E-state index contributed by atoms with van der Waals surface area (Å²) in [5.74, 6) is 1.60. The van der Waals surface area contributed by atoms with Crippen LogP contribution in [0.3, 0.4) is 0 Å². The van der Waals surface area contributed by atoms with Crippen LogP contribution in [-0.4, -0.2) is 4.57 Å². The normalized spacial score (nSPS) is 11.5. The number of aryl methyl sites for hydroxylation is 2. The molecule has 2 heteroatoms. The third-order valence-corrected chi connectivity index (χ3v) is 8.10. The Bertz CT molecular complexity index is 562. The average Bonchev–Trinajstić information content (AvgIpc) is 3.27. The van der Waals surface area contributed by atoms with Crippen LogP contribution < -0.4 is 4.57 Å². The van der Waals surface area contributed by atoms with E-state index >= 15 is 0 Å². The molecule has 0 aliphatic carbocycles. The van der Waals surface area contributed by atoms with Crippen LogP contribution in [0.25, 0.3) is 0 Å². The molecule has 0 aromatic carbocycles. The molecule has 2 nitrogen and oxygen atoms in total. The smallest absolute Gasteiger partial charge is 0.234 e. The van der Waals surface area contributed by atoms with Gasteiger partial charge in [-0.1, -0.05) is 149 Å². The molecular weight excluding hydrogens is 436 g/mol. The second-order valence-corrected chi connectivity index (χ2v) is 11.6. The zero-order chi connectivity index (χ0) is 25.9. The summed E-state index contributed by atoms with van der Waals surface area (Å²) in [6, 6.07) is 0. The molecule has 0 radical (unpaired) electrons. The topological polar surface area (TPSA) is 8.81 Å². The minimum absolute atomic E-state index is 1.23. The number of unbranched alkanes of at least 4 members (excludes halogenated alkanes) is 22. The van der Waals surface area contributed by atoms with Crippen LogP contribution in [0.2, 0.25) is 0 Å². The summed E-state index contributed by atoms with van der Waals surface area (Å²) in [7, 11) is 0. The van der Waals surface area contributed by atoms with E-state index in [1.54, 1.807) is 5.82 Å². The van der Waals surface area contributed by atoms with Crippen molar-refractivity contribution in [3.63, 3.8) is 0 Å². The molecule has 0 saturated heterocycles. The van der Waals surface area contributed by atoms with E-state index in [2.05, 4.69) is 42.3 Å². The van der Waals surface area contributed by atoms with Crippen molar-refractivity contribution < 1.29 is 4.57 Å². The lowest BCUT2D eigenvalue weighted by Crippen LogP contribution is -2.37. The lowest BCUT2D eigenvalue weighted by Gasteiger charge is -2.07. The van der Waals surface area contributed by atoms with Gasteiger partial charge in [-0.2, -0.15) is 0 Å². The molecule has 1 heterocycles. The maximum absolute atomic E-state index is 2.61. The quantitative estimate of drug-likeness (QED) is 0.0794. The minimum atomic E-state index is 1.23. The monoisotopic (exact) mass is 504 g/mol. The van der Waals surface area contributed by atoms with Crippen LogP contribution in [-0.2, 0) is 19.5 Å². The van der Waals surface area contributed by atoms with E-state index < -0.39 is 0 Å². The Morgan fingerprint density at radius 2 is 0.861 bits per heavy atom. The summed E-state index contributed by atoms with van der Waals surface area (Å²) in [6.45, 7) is 9.39. The molecule has 0 bridgehead atoms. The van der Waals surface area contributed by atoms with Gasteiger partial charge < -0.3 is 0 Å². The third kappa shape index (κ3) is 18.5. The highest BCUT2D eigenvalue weighted by Crippen LogP contribution is 2.14. The Morgan fingerprint density at radius 3 is 1.33 bits per heavy atom. The summed E-state index contributed by atoms with van der Waals surface area (Å²) in [6.07, 6.45) is 41.5. The van der Waals surface area contributed by atoms with Crippen molar-refractivity contribution in [3.8, 4) is 0 Å². The van der Waals surface area contributed by atoms with Crippen molar-refractivity contribution >= 4 is 0 Å². The molecule has 36 heavy (non-hydrogen) atoms. The van der Waals surface area contributed by atoms with Gasteiger partial charge in [0.1, 0.15) is 12.4 Å². The second kappa shape index (κ2) is 25.8. The first-order chi connectivity index (χ1) is 17.8. The zero-order valence-corrected chi connectivity index (χ0v) is 25.3. The van der Waals surface area contributed by atoms with Gasteiger partial charge in [-0.25, -0.2) is 9.13 Å². The lowest BCUT2D eigenvalue weighted by molar-refractivity contribution is -0.704. The SMILES string of the molecule is CCCCCCCCCCCCCCC[n+]1ccn(CCCCCCCCCC)c1CCCCCC. The number of hydrogen-bond acceptors (Lipinski definition) is 0. The van der Waals surface area contributed by atoms with Crippen LogP contribution in [0.5, 0.6) is 0 Å². The van der Waals surface area contributed by atoms with Gasteiger partial charge in [0.2, 0.25) is 0 Å². The van der Waals surface area contributed by atoms with E-state index in [9.17, 15) is 0 Å². The summed E-state index contributed by atoms with van der Waals surface area (Å²) in [4.78, 5) is 0. The van der Waals surface area contributed by atoms with Gasteiger partial charge in [-0.3, -0.25) is 0 Å². The molecule has 0 amide bonds. The van der Waals surface area contributed by atoms with Gasteiger partial charge in [0.15, 0.2) is 0 Å². The molecular formula is C34H67N2+. The van der Waals surface area contributed by atoms with Gasteiger partial charge >= 0.3 is 0 Å². The van der Waals surface area contributed by atoms with Gasteiger partial charge in [-0.15, -0.1) is 0 Å². The fourth-order valence-electron chi connectivity index (χ4n) is 5.62. The number of hydrogen-bond donors (Lipinski definition) is 0. The fraction of sp³-hybridized carbons (Fsp3) is 0.912. The number of nitrogens with zero attached hydrogens (tertiary/aromatic N) is 2. The summed E-state index contributed by atoms with van der Waals surface area (Å²) in [5.41, 5.74) is 0. The predicted octanol–water partition coefficient (Wildman–Crippen LogP) is 11.1. The molecule has 212 valence electrons. The predicted molar refractivity (Wildman–Crippen MR) is 161 cm³/mol. The van der Waals surface area contributed by atoms with Crippen molar-refractivity contribution in [1.29, 1.82) is 0 Å². The molecule has 1 aromatic heterocycles. The Morgan fingerprint density at radius 1 is 0.472 bits per heavy atom. The first-order valence-electron chi connectivity index (χ1n) is 16.9. The summed E-state index contributed by atoms with van der Waals surface area (Å²) in [5, 5.41) is 0. The van der Waals surface area contributed by atoms with Crippen LogP contribution in [0.1, 0.15) is 187 Å². The molecule has 0 unspecified atom stereocenters. The third-order valence-electron chi connectivity index (χ3n) is 8.10. The molecule has 0 fully saturated rings. The fourth-order valence-corrected chi connectivity index (χ4v) is 5.62. The van der Waals surface area contributed by atoms with E-state index in [-0.39, 0.29) is 0 Å². The van der Waals surface area contributed by atoms with Crippen molar-refractivity contribution in [1.82, 2.24) is 4.57 Å². The van der Waals surface area contributed by atoms with Gasteiger partial charge in [-0.05, 0) is 32.1 Å². The first-order valence-corrected chi connectivity index (χ1v) is 16.9. The number of rotatable bonds is 28. The van der Waals surface area contributed by atoms with Crippen LogP contribution in [0.4, 0.5) is 0 Å². The highest BCUT2D eigenvalue weighted by Gasteiger charge is 2.16. The highest BCUT2D eigenvalue weighted by molar-refractivity contribution is 4.84. The minimum Gasteiger partial charge on any atom is -0.234 e. The second-order valence-electron chi connectivity index (χ2n) is 11.6. The summed E-state index contributed by atoms with van der Waals surface area (Å²) < 4.78 is 5.21. The molecule has 1 rings (SSSR count). The summed E-state index contributed by atoms with van der Waals surface area (Å²) >= 11 is 0. The lowest BCUT2D eigenvalue weighted by atomic mass is 10.0.